The third kappa shape index (κ3) is 4.42. The summed E-state index contributed by atoms with van der Waals surface area (Å²) in [5, 5.41) is 4.76. The fraction of sp³-hybridized carbons (Fsp3) is 0.261. The first kappa shape index (κ1) is 22.1. The fourth-order valence-corrected chi connectivity index (χ4v) is 5.67. The lowest BCUT2D eigenvalue weighted by molar-refractivity contribution is 0.0940. The summed E-state index contributed by atoms with van der Waals surface area (Å²) in [7, 11) is -2.09. The van der Waals surface area contributed by atoms with Crippen LogP contribution in [0.5, 0.6) is 0 Å². The van der Waals surface area contributed by atoms with Gasteiger partial charge in [0, 0.05) is 12.6 Å². The molecule has 0 saturated carbocycles. The van der Waals surface area contributed by atoms with E-state index in [1.54, 1.807) is 41.8 Å². The molecule has 2 aromatic carbocycles. The average Bonchev–Trinajstić information content (AvgIpc) is 3.26. The van der Waals surface area contributed by atoms with Crippen LogP contribution in [0.4, 0.5) is 5.69 Å². The largest absolute Gasteiger partial charge is 0.346 e. The topological polar surface area (TPSA) is 66.5 Å². The molecule has 1 heterocycles. The van der Waals surface area contributed by atoms with Crippen LogP contribution < -0.4 is 9.62 Å². The highest BCUT2D eigenvalue weighted by atomic mass is 32.2. The van der Waals surface area contributed by atoms with Crippen molar-refractivity contribution in [3.8, 4) is 0 Å². The maximum atomic E-state index is 12.7. The first-order chi connectivity index (χ1) is 14.1. The van der Waals surface area contributed by atoms with Gasteiger partial charge >= 0.3 is 0 Å². The molecule has 1 amide bonds. The average molecular weight is 443 g/mol. The predicted octanol–water partition coefficient (Wildman–Crippen LogP) is 4.99. The molecule has 0 unspecified atom stereocenters. The minimum Gasteiger partial charge on any atom is -0.346 e. The molecule has 7 heteroatoms. The maximum absolute atomic E-state index is 12.7. The number of sulfonamides is 1. The number of nitrogens with one attached hydrogen (secondary N) is 1. The van der Waals surface area contributed by atoms with Crippen LogP contribution in [0.15, 0.2) is 58.1 Å². The summed E-state index contributed by atoms with van der Waals surface area (Å²) < 4.78 is 26.8. The Hall–Kier alpha value is -2.64. The summed E-state index contributed by atoms with van der Waals surface area (Å²) in [5.41, 5.74) is 5.63. The summed E-state index contributed by atoms with van der Waals surface area (Å²) in [4.78, 5) is 12.7. The number of nitrogens with zero attached hydrogens (tertiary/aromatic N) is 1. The van der Waals surface area contributed by atoms with Crippen molar-refractivity contribution >= 4 is 33.0 Å². The van der Waals surface area contributed by atoms with Gasteiger partial charge in [0.2, 0.25) is 0 Å². The van der Waals surface area contributed by atoms with Gasteiger partial charge in [-0.3, -0.25) is 9.10 Å². The maximum Gasteiger partial charge on any atom is 0.273 e. The number of carbonyl (C=O) groups excluding carboxylic acids is 1. The van der Waals surface area contributed by atoms with Crippen LogP contribution in [0.2, 0.25) is 0 Å². The number of hydrogen-bond acceptors (Lipinski definition) is 4. The number of hydrogen-bond donors (Lipinski definition) is 1. The molecule has 158 valence electrons. The number of amides is 1. The zero-order valence-electron chi connectivity index (χ0n) is 17.8. The van der Waals surface area contributed by atoms with Crippen molar-refractivity contribution in [3.05, 3.63) is 81.7 Å². The molecule has 0 saturated heterocycles. The molecule has 0 aliphatic heterocycles. The van der Waals surface area contributed by atoms with Gasteiger partial charge in [0.15, 0.2) is 0 Å². The second kappa shape index (κ2) is 8.62. The van der Waals surface area contributed by atoms with Crippen molar-refractivity contribution in [1.82, 2.24) is 5.32 Å². The Bertz CT molecular complexity index is 1150. The molecular formula is C23H26N2O3S2. The molecule has 0 aliphatic rings. The van der Waals surface area contributed by atoms with Crippen LogP contribution in [-0.4, -0.2) is 21.4 Å². The molecule has 3 rings (SSSR count). The van der Waals surface area contributed by atoms with E-state index < -0.39 is 10.0 Å². The fourth-order valence-electron chi connectivity index (χ4n) is 3.31. The number of anilines is 1. The van der Waals surface area contributed by atoms with Crippen molar-refractivity contribution < 1.29 is 13.2 Å². The highest BCUT2D eigenvalue weighted by Gasteiger charge is 2.22. The molecule has 30 heavy (non-hydrogen) atoms. The summed E-state index contributed by atoms with van der Waals surface area (Å²) in [6.45, 7) is 8.15. The molecule has 0 fully saturated rings. The molecule has 1 aromatic heterocycles. The van der Waals surface area contributed by atoms with Crippen molar-refractivity contribution in [2.45, 2.75) is 37.9 Å². The summed E-state index contributed by atoms with van der Waals surface area (Å²) in [5.74, 6) is -0.199. The Labute approximate surface area is 182 Å². The van der Waals surface area contributed by atoms with E-state index in [0.29, 0.717) is 11.3 Å². The Morgan fingerprint density at radius 1 is 1.00 bits per heavy atom. The molecule has 5 nitrogen and oxygen atoms in total. The lowest BCUT2D eigenvalue weighted by Gasteiger charge is -2.20. The lowest BCUT2D eigenvalue weighted by Crippen LogP contribution is -2.28. The number of aryl methyl sites for hydroxylation is 3. The van der Waals surface area contributed by atoms with Crippen LogP contribution in [0.1, 0.15) is 45.6 Å². The molecule has 0 spiro atoms. The summed E-state index contributed by atoms with van der Waals surface area (Å²) >= 11 is 1.17. The van der Waals surface area contributed by atoms with E-state index in [4.69, 9.17) is 0 Å². The van der Waals surface area contributed by atoms with Crippen molar-refractivity contribution in [2.24, 2.45) is 0 Å². The third-order valence-corrected chi connectivity index (χ3v) is 8.46. The second-order valence-corrected chi connectivity index (χ2v) is 10.6. The van der Waals surface area contributed by atoms with E-state index in [-0.39, 0.29) is 16.2 Å². The minimum atomic E-state index is -3.60. The van der Waals surface area contributed by atoms with Crippen LogP contribution in [0.25, 0.3) is 0 Å². The smallest absolute Gasteiger partial charge is 0.273 e. The molecule has 0 radical (unpaired) electrons. The summed E-state index contributed by atoms with van der Waals surface area (Å²) in [6.07, 6.45) is 0. The van der Waals surface area contributed by atoms with E-state index in [1.165, 1.54) is 33.8 Å². The molecule has 0 bridgehead atoms. The minimum absolute atomic E-state index is 0.140. The van der Waals surface area contributed by atoms with Crippen LogP contribution in [0.3, 0.4) is 0 Å². The Kier molecular flexibility index (Phi) is 6.33. The number of thiophene rings is 1. The van der Waals surface area contributed by atoms with Gasteiger partial charge in [0.25, 0.3) is 15.9 Å². The van der Waals surface area contributed by atoms with Gasteiger partial charge < -0.3 is 5.32 Å². The van der Waals surface area contributed by atoms with Crippen molar-refractivity contribution in [1.29, 1.82) is 0 Å². The number of benzene rings is 2. The number of rotatable bonds is 6. The van der Waals surface area contributed by atoms with E-state index in [2.05, 4.69) is 31.3 Å². The zero-order chi connectivity index (χ0) is 22.1. The quantitative estimate of drug-likeness (QED) is 0.585. The van der Waals surface area contributed by atoms with Gasteiger partial charge in [-0.05, 0) is 85.7 Å². The van der Waals surface area contributed by atoms with E-state index in [0.717, 1.165) is 11.1 Å². The SMILES string of the molecule is Cc1cc(C)c([C@H](C)NC(=O)c2ccc(N(C)S(=O)(=O)c3cccs3)cc2)cc1C. The molecule has 1 N–H and O–H groups in total. The highest BCUT2D eigenvalue weighted by molar-refractivity contribution is 7.94. The van der Waals surface area contributed by atoms with Gasteiger partial charge in [0.1, 0.15) is 4.21 Å². The second-order valence-electron chi connectivity index (χ2n) is 7.44. The first-order valence-electron chi connectivity index (χ1n) is 9.62. The van der Waals surface area contributed by atoms with Gasteiger partial charge in [-0.1, -0.05) is 18.2 Å². The van der Waals surface area contributed by atoms with E-state index in [9.17, 15) is 13.2 Å². The van der Waals surface area contributed by atoms with Crippen LogP contribution >= 0.6 is 11.3 Å². The molecule has 0 aliphatic carbocycles. The normalized spacial score (nSPS) is 12.4. The molecular weight excluding hydrogens is 416 g/mol. The van der Waals surface area contributed by atoms with Crippen LogP contribution in [0, 0.1) is 20.8 Å². The van der Waals surface area contributed by atoms with Gasteiger partial charge in [0.05, 0.1) is 11.7 Å². The van der Waals surface area contributed by atoms with Crippen LogP contribution in [-0.2, 0) is 10.0 Å². The zero-order valence-corrected chi connectivity index (χ0v) is 19.4. The lowest BCUT2D eigenvalue weighted by atomic mass is 9.96. The Balaban J connectivity index is 1.75. The van der Waals surface area contributed by atoms with E-state index >= 15 is 0 Å². The summed E-state index contributed by atoms with van der Waals surface area (Å²) in [6, 6.07) is 14.0. The molecule has 3 aromatic rings. The van der Waals surface area contributed by atoms with E-state index in [1.807, 2.05) is 13.8 Å². The standard InChI is InChI=1S/C23H26N2O3S2/c1-15-13-17(3)21(14-16(15)2)18(4)24-23(26)19-8-10-20(11-9-19)25(5)30(27,28)22-7-6-12-29-22/h6-14,18H,1-5H3,(H,24,26)/t18-/m0/s1. The Morgan fingerprint density at radius 2 is 1.63 bits per heavy atom. The predicted molar refractivity (Wildman–Crippen MR) is 123 cm³/mol. The van der Waals surface area contributed by atoms with Gasteiger partial charge in [-0.15, -0.1) is 11.3 Å². The number of carbonyl (C=O) groups is 1. The monoisotopic (exact) mass is 442 g/mol. The highest BCUT2D eigenvalue weighted by Crippen LogP contribution is 2.26. The first-order valence-corrected chi connectivity index (χ1v) is 11.9. The van der Waals surface area contributed by atoms with Crippen molar-refractivity contribution in [2.75, 3.05) is 11.4 Å². The van der Waals surface area contributed by atoms with Crippen molar-refractivity contribution in [3.63, 3.8) is 0 Å². The van der Waals surface area contributed by atoms with Gasteiger partial charge in [-0.25, -0.2) is 8.42 Å². The Morgan fingerprint density at radius 3 is 2.23 bits per heavy atom. The van der Waals surface area contributed by atoms with Gasteiger partial charge in [-0.2, -0.15) is 0 Å². The third-order valence-electron chi connectivity index (χ3n) is 5.30. The molecule has 1 atom stereocenters.